The molecule has 144 valence electrons. The molecule has 7 heteroatoms. The first kappa shape index (κ1) is 20.9. The van der Waals surface area contributed by atoms with E-state index in [4.69, 9.17) is 0 Å². The van der Waals surface area contributed by atoms with Gasteiger partial charge in [-0.05, 0) is 49.8 Å². The number of thioether (sulfide) groups is 1. The predicted octanol–water partition coefficient (Wildman–Crippen LogP) is 3.36. The molecule has 0 aliphatic rings. The van der Waals surface area contributed by atoms with Crippen LogP contribution in [0, 0.1) is 13.8 Å². The third-order valence-corrected chi connectivity index (χ3v) is 4.90. The van der Waals surface area contributed by atoms with Crippen LogP contribution in [0.3, 0.4) is 0 Å². The lowest BCUT2D eigenvalue weighted by Crippen LogP contribution is -2.23. The summed E-state index contributed by atoms with van der Waals surface area (Å²) in [6, 6.07) is 7.56. The number of aromatic nitrogens is 2. The van der Waals surface area contributed by atoms with Crippen molar-refractivity contribution in [3.8, 4) is 0 Å². The molecule has 0 aliphatic carbocycles. The standard InChI is InChI=1S/C20H26N4O2S/c1-13-18(14(2)22-20(21-13)27-5)9-10-19(26)23-17-8-6-7-16(11-17)12-24(4)15(3)25/h6-8,11H,9-10,12H2,1-5H3,(H,23,26). The molecule has 27 heavy (non-hydrogen) atoms. The number of aryl methyl sites for hydroxylation is 2. The number of benzene rings is 1. The highest BCUT2D eigenvalue weighted by Gasteiger charge is 2.11. The number of anilines is 1. The van der Waals surface area contributed by atoms with Crippen molar-refractivity contribution in [2.75, 3.05) is 18.6 Å². The third-order valence-electron chi connectivity index (χ3n) is 4.35. The molecule has 0 saturated heterocycles. The van der Waals surface area contributed by atoms with Gasteiger partial charge in [0.25, 0.3) is 0 Å². The monoisotopic (exact) mass is 386 g/mol. The third kappa shape index (κ3) is 6.06. The minimum atomic E-state index is -0.0557. The molecule has 1 aromatic heterocycles. The van der Waals surface area contributed by atoms with Gasteiger partial charge in [0.2, 0.25) is 11.8 Å². The minimum Gasteiger partial charge on any atom is -0.342 e. The molecule has 0 bridgehead atoms. The van der Waals surface area contributed by atoms with E-state index in [1.165, 1.54) is 18.7 Å². The fraction of sp³-hybridized carbons (Fsp3) is 0.400. The van der Waals surface area contributed by atoms with Gasteiger partial charge in [-0.2, -0.15) is 0 Å². The van der Waals surface area contributed by atoms with E-state index in [9.17, 15) is 9.59 Å². The first-order valence-electron chi connectivity index (χ1n) is 8.78. The summed E-state index contributed by atoms with van der Waals surface area (Å²) >= 11 is 1.51. The number of carbonyl (C=O) groups excluding carboxylic acids is 2. The van der Waals surface area contributed by atoms with Gasteiger partial charge in [-0.25, -0.2) is 9.97 Å². The predicted molar refractivity (Wildman–Crippen MR) is 109 cm³/mol. The van der Waals surface area contributed by atoms with E-state index in [1.54, 1.807) is 11.9 Å². The molecule has 6 nitrogen and oxygen atoms in total. The number of rotatable bonds is 7. The van der Waals surface area contributed by atoms with Crippen molar-refractivity contribution in [1.82, 2.24) is 14.9 Å². The first-order chi connectivity index (χ1) is 12.8. The summed E-state index contributed by atoms with van der Waals surface area (Å²) in [4.78, 5) is 34.3. The van der Waals surface area contributed by atoms with Crippen LogP contribution in [0.1, 0.15) is 35.9 Å². The lowest BCUT2D eigenvalue weighted by Gasteiger charge is -2.15. The van der Waals surface area contributed by atoms with E-state index in [-0.39, 0.29) is 11.8 Å². The van der Waals surface area contributed by atoms with Crippen LogP contribution in [0.2, 0.25) is 0 Å². The molecule has 2 aromatic rings. The van der Waals surface area contributed by atoms with Crippen LogP contribution < -0.4 is 5.32 Å². The maximum Gasteiger partial charge on any atom is 0.224 e. The van der Waals surface area contributed by atoms with Gasteiger partial charge in [-0.15, -0.1) is 0 Å². The fourth-order valence-electron chi connectivity index (χ4n) is 2.76. The Morgan fingerprint density at radius 3 is 2.44 bits per heavy atom. The van der Waals surface area contributed by atoms with E-state index in [2.05, 4.69) is 15.3 Å². The second kappa shape index (κ2) is 9.50. The number of nitrogens with zero attached hydrogens (tertiary/aromatic N) is 3. The summed E-state index contributed by atoms with van der Waals surface area (Å²) in [7, 11) is 1.75. The molecule has 1 N–H and O–H groups in total. The summed E-state index contributed by atoms with van der Waals surface area (Å²) in [6.45, 7) is 5.95. The Morgan fingerprint density at radius 2 is 1.85 bits per heavy atom. The van der Waals surface area contributed by atoms with Gasteiger partial charge in [0.05, 0.1) is 0 Å². The SMILES string of the molecule is CSc1nc(C)c(CCC(=O)Nc2cccc(CN(C)C(C)=O)c2)c(C)n1. The molecule has 0 aliphatic heterocycles. The van der Waals surface area contributed by atoms with E-state index >= 15 is 0 Å². The molecular weight excluding hydrogens is 360 g/mol. The van der Waals surface area contributed by atoms with Gasteiger partial charge < -0.3 is 10.2 Å². The fourth-order valence-corrected chi connectivity index (χ4v) is 3.21. The lowest BCUT2D eigenvalue weighted by molar-refractivity contribution is -0.128. The molecule has 1 heterocycles. The Hall–Kier alpha value is -2.41. The first-order valence-corrected chi connectivity index (χ1v) is 10.0. The van der Waals surface area contributed by atoms with E-state index in [1.807, 2.05) is 44.4 Å². The smallest absolute Gasteiger partial charge is 0.224 e. The zero-order chi connectivity index (χ0) is 20.0. The van der Waals surface area contributed by atoms with Crippen LogP contribution in [0.25, 0.3) is 0 Å². The highest BCUT2D eigenvalue weighted by atomic mass is 32.2. The molecule has 0 unspecified atom stereocenters. The van der Waals surface area contributed by atoms with Crippen LogP contribution in [0.15, 0.2) is 29.4 Å². The normalized spacial score (nSPS) is 10.6. The van der Waals surface area contributed by atoms with Gasteiger partial charge in [-0.1, -0.05) is 23.9 Å². The second-order valence-corrected chi connectivity index (χ2v) is 7.26. The number of amides is 2. The van der Waals surface area contributed by atoms with Crippen molar-refractivity contribution in [2.24, 2.45) is 0 Å². The number of hydrogen-bond acceptors (Lipinski definition) is 5. The van der Waals surface area contributed by atoms with Crippen LogP contribution in [-0.4, -0.2) is 40.0 Å². The molecule has 0 fully saturated rings. The van der Waals surface area contributed by atoms with Gasteiger partial charge in [0, 0.05) is 44.0 Å². The molecule has 0 spiro atoms. The Kier molecular flexibility index (Phi) is 7.36. The highest BCUT2D eigenvalue weighted by molar-refractivity contribution is 7.98. The molecule has 0 atom stereocenters. The van der Waals surface area contributed by atoms with Crippen LogP contribution in [0.4, 0.5) is 5.69 Å². The summed E-state index contributed by atoms with van der Waals surface area (Å²) < 4.78 is 0. The van der Waals surface area contributed by atoms with Crippen molar-refractivity contribution >= 4 is 29.3 Å². The number of carbonyl (C=O) groups is 2. The molecule has 0 saturated carbocycles. The van der Waals surface area contributed by atoms with Crippen molar-refractivity contribution < 1.29 is 9.59 Å². The zero-order valence-electron chi connectivity index (χ0n) is 16.5. The van der Waals surface area contributed by atoms with Crippen LogP contribution in [-0.2, 0) is 22.6 Å². The van der Waals surface area contributed by atoms with Gasteiger partial charge in [-0.3, -0.25) is 9.59 Å². The molecule has 0 radical (unpaired) electrons. The minimum absolute atomic E-state index is 0.00453. The van der Waals surface area contributed by atoms with E-state index in [0.717, 1.165) is 33.4 Å². The highest BCUT2D eigenvalue weighted by Crippen LogP contribution is 2.18. The van der Waals surface area contributed by atoms with E-state index < -0.39 is 0 Å². The Balaban J connectivity index is 1.97. The lowest BCUT2D eigenvalue weighted by atomic mass is 10.1. The second-order valence-electron chi connectivity index (χ2n) is 6.48. The molecule has 1 aromatic carbocycles. The summed E-state index contributed by atoms with van der Waals surface area (Å²) in [5.41, 5.74) is 4.58. The summed E-state index contributed by atoms with van der Waals surface area (Å²) in [5.74, 6) is -0.0512. The topological polar surface area (TPSA) is 75.2 Å². The summed E-state index contributed by atoms with van der Waals surface area (Å²) in [6.07, 6.45) is 2.91. The maximum atomic E-state index is 12.4. The Labute approximate surface area is 164 Å². The van der Waals surface area contributed by atoms with Crippen molar-refractivity contribution in [3.63, 3.8) is 0 Å². The maximum absolute atomic E-state index is 12.4. The van der Waals surface area contributed by atoms with Crippen LogP contribution >= 0.6 is 11.8 Å². The Bertz CT molecular complexity index is 815. The summed E-state index contributed by atoms with van der Waals surface area (Å²) in [5, 5.41) is 3.68. The molecule has 2 rings (SSSR count). The van der Waals surface area contributed by atoms with Crippen molar-refractivity contribution in [2.45, 2.75) is 45.3 Å². The Morgan fingerprint density at radius 1 is 1.19 bits per heavy atom. The van der Waals surface area contributed by atoms with E-state index in [0.29, 0.717) is 19.4 Å². The largest absolute Gasteiger partial charge is 0.342 e. The average Bonchev–Trinajstić information content (AvgIpc) is 2.60. The van der Waals surface area contributed by atoms with Crippen molar-refractivity contribution in [1.29, 1.82) is 0 Å². The quantitative estimate of drug-likeness (QED) is 0.583. The average molecular weight is 387 g/mol. The molecular formula is C20H26N4O2S. The number of hydrogen-bond donors (Lipinski definition) is 1. The van der Waals surface area contributed by atoms with Gasteiger partial charge in [0.15, 0.2) is 5.16 Å². The van der Waals surface area contributed by atoms with Crippen molar-refractivity contribution in [3.05, 3.63) is 46.8 Å². The molecule has 2 amide bonds. The number of nitrogens with one attached hydrogen (secondary N) is 1. The van der Waals surface area contributed by atoms with Crippen LogP contribution in [0.5, 0.6) is 0 Å². The van der Waals surface area contributed by atoms with Gasteiger partial charge >= 0.3 is 0 Å². The zero-order valence-corrected chi connectivity index (χ0v) is 17.3. The van der Waals surface area contributed by atoms with Gasteiger partial charge in [0.1, 0.15) is 0 Å².